The third kappa shape index (κ3) is 3.57. The number of hydrogen-bond acceptors (Lipinski definition) is 4. The van der Waals surface area contributed by atoms with Gasteiger partial charge < -0.3 is 10.3 Å². The molecule has 4 nitrogen and oxygen atoms in total. The summed E-state index contributed by atoms with van der Waals surface area (Å²) < 4.78 is 0. The van der Waals surface area contributed by atoms with Crippen molar-refractivity contribution in [1.29, 1.82) is 0 Å². The Bertz CT molecular complexity index is 515. The molecule has 0 saturated carbocycles. The van der Waals surface area contributed by atoms with E-state index in [1.807, 2.05) is 6.08 Å². The Balaban J connectivity index is 1.56. The van der Waals surface area contributed by atoms with E-state index in [1.54, 1.807) is 0 Å². The van der Waals surface area contributed by atoms with E-state index in [0.717, 1.165) is 31.6 Å². The van der Waals surface area contributed by atoms with E-state index in [9.17, 15) is 4.79 Å². The zero-order valence-corrected chi connectivity index (χ0v) is 12.4. The second-order valence-electron chi connectivity index (χ2n) is 5.78. The number of nitrogens with one attached hydrogen (secondary N) is 2. The molecule has 1 heterocycles. The number of ketones is 1. The number of allylic oxidation sites excluding steroid dienone is 2. The van der Waals surface area contributed by atoms with Crippen LogP contribution in [0.5, 0.6) is 0 Å². The normalized spacial score (nSPS) is 19.1. The van der Waals surface area contributed by atoms with Crippen molar-refractivity contribution in [2.45, 2.75) is 38.5 Å². The number of nitrogens with zero attached hydrogens (tertiary/aromatic N) is 1. The number of benzene rings is 1. The highest BCUT2D eigenvalue weighted by Gasteiger charge is 2.13. The first-order valence-electron chi connectivity index (χ1n) is 7.93. The van der Waals surface area contributed by atoms with Gasteiger partial charge in [0, 0.05) is 25.2 Å². The zero-order valence-electron chi connectivity index (χ0n) is 12.4. The highest BCUT2D eigenvalue weighted by Crippen LogP contribution is 2.21. The van der Waals surface area contributed by atoms with Crippen molar-refractivity contribution < 1.29 is 4.79 Å². The van der Waals surface area contributed by atoms with E-state index in [1.165, 1.54) is 24.9 Å². The van der Waals surface area contributed by atoms with Crippen molar-refractivity contribution in [2.75, 3.05) is 23.4 Å². The summed E-state index contributed by atoms with van der Waals surface area (Å²) in [6.45, 7) is 2.32. The average molecular weight is 285 g/mol. The van der Waals surface area contributed by atoms with E-state index in [-0.39, 0.29) is 5.78 Å². The van der Waals surface area contributed by atoms with Crippen LogP contribution in [0.2, 0.25) is 0 Å². The molecule has 0 aromatic heterocycles. The van der Waals surface area contributed by atoms with E-state index in [2.05, 4.69) is 40.0 Å². The minimum atomic E-state index is 0.193. The monoisotopic (exact) mass is 285 g/mol. The maximum Gasteiger partial charge on any atom is 0.180 e. The van der Waals surface area contributed by atoms with E-state index in [0.29, 0.717) is 12.1 Å². The van der Waals surface area contributed by atoms with Crippen LogP contribution in [0.4, 0.5) is 11.4 Å². The van der Waals surface area contributed by atoms with Gasteiger partial charge in [0.2, 0.25) is 0 Å². The third-order valence-electron chi connectivity index (χ3n) is 4.19. The molecule has 1 aliphatic carbocycles. The largest absolute Gasteiger partial charge is 0.372 e. The van der Waals surface area contributed by atoms with Crippen LogP contribution in [0.15, 0.2) is 36.0 Å². The lowest BCUT2D eigenvalue weighted by Gasteiger charge is -2.29. The van der Waals surface area contributed by atoms with Crippen molar-refractivity contribution >= 4 is 17.2 Å². The molecule has 0 bridgehead atoms. The number of hydrogen-bond donors (Lipinski definition) is 2. The fourth-order valence-corrected chi connectivity index (χ4v) is 2.93. The van der Waals surface area contributed by atoms with Crippen LogP contribution < -0.4 is 15.8 Å². The quantitative estimate of drug-likeness (QED) is 0.834. The fraction of sp³-hybridized carbons (Fsp3) is 0.471. The van der Waals surface area contributed by atoms with Gasteiger partial charge in [0.25, 0.3) is 0 Å². The summed E-state index contributed by atoms with van der Waals surface area (Å²) in [4.78, 5) is 14.1. The molecular formula is C17H23N3O. The molecule has 0 atom stereocenters. The maximum atomic E-state index is 11.7. The standard InChI is InChI=1S/C17H23N3O/c21-17-7-3-2-6-16(17)19-18-14-8-10-15(11-9-14)20-12-4-1-5-13-20/h6,8-11,18-19H,1-5,7,12-13H2. The Hall–Kier alpha value is -1.97. The number of Topliss-reactive ketones (excluding diaryl/α,β-unsaturated/α-hetero) is 1. The third-order valence-corrected chi connectivity index (χ3v) is 4.19. The SMILES string of the molecule is O=C1CCCC=C1NNc1ccc(N2CCCCC2)cc1. The molecule has 0 amide bonds. The molecule has 0 spiro atoms. The Kier molecular flexibility index (Phi) is 4.43. The second kappa shape index (κ2) is 6.66. The summed E-state index contributed by atoms with van der Waals surface area (Å²) in [6, 6.07) is 8.41. The molecular weight excluding hydrogens is 262 g/mol. The van der Waals surface area contributed by atoms with Crippen molar-refractivity contribution in [1.82, 2.24) is 5.43 Å². The summed E-state index contributed by atoms with van der Waals surface area (Å²) >= 11 is 0. The predicted molar refractivity (Wildman–Crippen MR) is 86.2 cm³/mol. The number of hydrazine groups is 1. The first-order valence-corrected chi connectivity index (χ1v) is 7.93. The Morgan fingerprint density at radius 1 is 0.905 bits per heavy atom. The van der Waals surface area contributed by atoms with Gasteiger partial charge in [0.05, 0.1) is 11.4 Å². The minimum Gasteiger partial charge on any atom is -0.372 e. The fourth-order valence-electron chi connectivity index (χ4n) is 2.93. The summed E-state index contributed by atoms with van der Waals surface area (Å²) in [7, 11) is 0. The van der Waals surface area contributed by atoms with Crippen LogP contribution >= 0.6 is 0 Å². The van der Waals surface area contributed by atoms with Gasteiger partial charge in [0.15, 0.2) is 5.78 Å². The average Bonchev–Trinajstić information content (AvgIpc) is 2.55. The molecule has 21 heavy (non-hydrogen) atoms. The number of carbonyl (C=O) groups is 1. The summed E-state index contributed by atoms with van der Waals surface area (Å²) in [6.07, 6.45) is 8.49. The van der Waals surface area contributed by atoms with Gasteiger partial charge in [-0.2, -0.15) is 0 Å². The lowest BCUT2D eigenvalue weighted by molar-refractivity contribution is -0.116. The van der Waals surface area contributed by atoms with Gasteiger partial charge in [-0.1, -0.05) is 6.08 Å². The van der Waals surface area contributed by atoms with Gasteiger partial charge in [-0.05, 0) is 56.4 Å². The van der Waals surface area contributed by atoms with Crippen molar-refractivity contribution in [2.24, 2.45) is 0 Å². The zero-order chi connectivity index (χ0) is 14.5. The highest BCUT2D eigenvalue weighted by molar-refractivity contribution is 5.95. The topological polar surface area (TPSA) is 44.4 Å². The molecule has 4 heteroatoms. The summed E-state index contributed by atoms with van der Waals surface area (Å²) in [5.41, 5.74) is 9.11. The lowest BCUT2D eigenvalue weighted by atomic mass is 10.0. The van der Waals surface area contributed by atoms with Crippen LogP contribution in [0.3, 0.4) is 0 Å². The van der Waals surface area contributed by atoms with E-state index in [4.69, 9.17) is 0 Å². The predicted octanol–water partition coefficient (Wildman–Crippen LogP) is 3.23. The smallest absolute Gasteiger partial charge is 0.180 e. The Labute approximate surface area is 126 Å². The van der Waals surface area contributed by atoms with Crippen molar-refractivity contribution in [3.8, 4) is 0 Å². The Morgan fingerprint density at radius 2 is 1.67 bits per heavy atom. The van der Waals surface area contributed by atoms with E-state index < -0.39 is 0 Å². The van der Waals surface area contributed by atoms with Crippen LogP contribution in [-0.2, 0) is 4.79 Å². The molecule has 2 aliphatic rings. The number of piperidine rings is 1. The Morgan fingerprint density at radius 3 is 2.38 bits per heavy atom. The summed E-state index contributed by atoms with van der Waals surface area (Å²) in [5, 5.41) is 0. The van der Waals surface area contributed by atoms with E-state index >= 15 is 0 Å². The lowest BCUT2D eigenvalue weighted by Crippen LogP contribution is -2.29. The van der Waals surface area contributed by atoms with Crippen LogP contribution in [0, 0.1) is 0 Å². The van der Waals surface area contributed by atoms with Gasteiger partial charge in [-0.25, -0.2) is 0 Å². The number of carbonyl (C=O) groups excluding carboxylic acids is 1. The first kappa shape index (κ1) is 14.0. The molecule has 112 valence electrons. The molecule has 1 saturated heterocycles. The highest BCUT2D eigenvalue weighted by atomic mass is 16.1. The molecule has 2 N–H and O–H groups in total. The molecule has 0 unspecified atom stereocenters. The molecule has 1 fully saturated rings. The van der Waals surface area contributed by atoms with Crippen LogP contribution in [-0.4, -0.2) is 18.9 Å². The maximum absolute atomic E-state index is 11.7. The van der Waals surface area contributed by atoms with Gasteiger partial charge in [-0.15, -0.1) is 0 Å². The van der Waals surface area contributed by atoms with Crippen molar-refractivity contribution in [3.05, 3.63) is 36.0 Å². The van der Waals surface area contributed by atoms with Crippen LogP contribution in [0.25, 0.3) is 0 Å². The molecule has 3 rings (SSSR count). The second-order valence-corrected chi connectivity index (χ2v) is 5.78. The van der Waals surface area contributed by atoms with Gasteiger partial charge >= 0.3 is 0 Å². The molecule has 1 aromatic carbocycles. The minimum absolute atomic E-state index is 0.193. The van der Waals surface area contributed by atoms with Crippen LogP contribution in [0.1, 0.15) is 38.5 Å². The van der Waals surface area contributed by atoms with Gasteiger partial charge in [0.1, 0.15) is 0 Å². The molecule has 0 radical (unpaired) electrons. The van der Waals surface area contributed by atoms with Gasteiger partial charge in [-0.3, -0.25) is 10.2 Å². The molecule has 1 aromatic rings. The molecule has 1 aliphatic heterocycles. The summed E-state index contributed by atoms with van der Waals surface area (Å²) in [5.74, 6) is 0.193. The number of rotatable bonds is 4. The number of anilines is 2. The van der Waals surface area contributed by atoms with Crippen molar-refractivity contribution in [3.63, 3.8) is 0 Å². The first-order chi connectivity index (χ1) is 10.3.